The summed E-state index contributed by atoms with van der Waals surface area (Å²) in [5, 5.41) is 21.6. The first-order chi connectivity index (χ1) is 25.2. The number of carbonyl (C=O) groups is 1. The monoisotopic (exact) mass is 799 g/mol. The number of hydrogen-bond acceptors (Lipinski definition) is 10. The molecule has 13 nitrogen and oxygen atoms in total. The van der Waals surface area contributed by atoms with Crippen molar-refractivity contribution in [1.82, 2.24) is 0 Å². The van der Waals surface area contributed by atoms with Gasteiger partial charge in [-0.3, -0.25) is 13.9 Å². The van der Waals surface area contributed by atoms with E-state index in [4.69, 9.17) is 32.7 Å². The van der Waals surface area contributed by atoms with Crippen LogP contribution >= 0.6 is 23.2 Å². The van der Waals surface area contributed by atoms with E-state index in [2.05, 4.69) is 15.5 Å². The molecule has 1 amide bonds. The van der Waals surface area contributed by atoms with Crippen molar-refractivity contribution in [2.75, 3.05) is 11.9 Å². The summed E-state index contributed by atoms with van der Waals surface area (Å²) in [6, 6.07) is 21.1. The molecule has 0 unspecified atom stereocenters. The Hall–Kier alpha value is -4.77. The van der Waals surface area contributed by atoms with Gasteiger partial charge < -0.3 is 19.9 Å². The highest BCUT2D eigenvalue weighted by Gasteiger charge is 2.28. The van der Waals surface area contributed by atoms with Gasteiger partial charge >= 0.3 is 0 Å². The average Bonchev–Trinajstić information content (AvgIpc) is 3.11. The quantitative estimate of drug-likeness (QED) is 0.0736. The van der Waals surface area contributed by atoms with Crippen LogP contribution in [0.4, 0.5) is 17.1 Å². The summed E-state index contributed by atoms with van der Waals surface area (Å²) in [6.07, 6.45) is 5.44. The number of para-hydroxylation sites is 2. The first-order valence-electron chi connectivity index (χ1n) is 16.1. The van der Waals surface area contributed by atoms with Crippen molar-refractivity contribution in [1.29, 1.82) is 0 Å². The minimum atomic E-state index is -5.22. The number of phenols is 1. The third-order valence-corrected chi connectivity index (χ3v) is 10.9. The Bertz CT molecular complexity index is 2470. The fourth-order valence-electron chi connectivity index (χ4n) is 6.15. The number of nitrogens with one attached hydrogen (secondary N) is 1. The molecule has 53 heavy (non-hydrogen) atoms. The van der Waals surface area contributed by atoms with E-state index in [1.165, 1.54) is 30.7 Å². The molecular formula is C36H31Cl2N3O10S2. The SMILES string of the molecule is O=C(COc1ccc(Cl)cc1Cl)Nc1ccc(S(=O)(=O)O)c2cc(S(=O)(=O)O)c(N=Nc3ccccc3Oc3ccccc3C3CCCCC3)c(O)c12. The molecule has 5 aromatic rings. The van der Waals surface area contributed by atoms with E-state index < -0.39 is 64.8 Å². The van der Waals surface area contributed by atoms with Crippen LogP contribution in [0.3, 0.4) is 0 Å². The predicted molar refractivity (Wildman–Crippen MR) is 199 cm³/mol. The smallest absolute Gasteiger partial charge is 0.296 e. The molecular weight excluding hydrogens is 769 g/mol. The minimum Gasteiger partial charge on any atom is -0.505 e. The third-order valence-electron chi connectivity index (χ3n) is 8.56. The zero-order valence-corrected chi connectivity index (χ0v) is 30.7. The number of halogens is 2. The molecule has 0 saturated heterocycles. The van der Waals surface area contributed by atoms with Crippen molar-refractivity contribution in [3.05, 3.63) is 101 Å². The van der Waals surface area contributed by atoms with Gasteiger partial charge in [0.25, 0.3) is 26.1 Å². The van der Waals surface area contributed by atoms with Crippen LogP contribution in [0.15, 0.2) is 105 Å². The standard InChI is InChI=1S/C36H31Cl2N3O10S2/c37-22-14-16-29(25(38)18-22)50-20-33(42)39-27-15-17-31(52(44,45)46)24-19-32(53(47,48)49)35(36(43)34(24)27)41-40-26-11-5-7-13-30(26)51-28-12-6-4-10-23(28)21-8-2-1-3-9-21/h4-7,10-19,21,43H,1-3,8-9,20H2,(H,39,42)(H,44,45,46)(H,47,48,49). The molecule has 1 aliphatic carbocycles. The van der Waals surface area contributed by atoms with Crippen LogP contribution in [0.25, 0.3) is 10.8 Å². The van der Waals surface area contributed by atoms with Gasteiger partial charge in [-0.1, -0.05) is 72.8 Å². The number of rotatable bonds is 11. The normalized spacial score (nSPS) is 14.0. The molecule has 17 heteroatoms. The molecule has 0 heterocycles. The number of fused-ring (bicyclic) bond motifs is 1. The summed E-state index contributed by atoms with van der Waals surface area (Å²) in [6.45, 7) is -0.611. The van der Waals surface area contributed by atoms with Crippen LogP contribution in [-0.2, 0) is 25.0 Å². The van der Waals surface area contributed by atoms with Crippen LogP contribution in [0, 0.1) is 0 Å². The average molecular weight is 801 g/mol. The summed E-state index contributed by atoms with van der Waals surface area (Å²) in [5.74, 6) is -0.516. The van der Waals surface area contributed by atoms with Gasteiger partial charge in [-0.2, -0.15) is 16.8 Å². The fraction of sp³-hybridized carbons (Fsp3) is 0.194. The number of ether oxygens (including phenoxy) is 2. The summed E-state index contributed by atoms with van der Waals surface area (Å²) < 4.78 is 81.9. The van der Waals surface area contributed by atoms with E-state index in [1.54, 1.807) is 18.2 Å². The Kier molecular flexibility index (Phi) is 11.2. The zero-order chi connectivity index (χ0) is 37.9. The Morgan fingerprint density at radius 1 is 0.792 bits per heavy atom. The fourth-order valence-corrected chi connectivity index (χ4v) is 7.94. The molecule has 0 bridgehead atoms. The maximum absolute atomic E-state index is 13.0. The van der Waals surface area contributed by atoms with Gasteiger partial charge in [0.2, 0.25) is 0 Å². The minimum absolute atomic E-state index is 0.116. The summed E-state index contributed by atoms with van der Waals surface area (Å²) in [4.78, 5) is 11.1. The molecule has 4 N–H and O–H groups in total. The van der Waals surface area contributed by atoms with Crippen LogP contribution in [-0.4, -0.2) is 43.6 Å². The lowest BCUT2D eigenvalue weighted by Gasteiger charge is -2.24. The Morgan fingerprint density at radius 2 is 1.47 bits per heavy atom. The molecule has 0 aromatic heterocycles. The van der Waals surface area contributed by atoms with Crippen LogP contribution in [0.5, 0.6) is 23.0 Å². The van der Waals surface area contributed by atoms with Crippen molar-refractivity contribution in [2.45, 2.75) is 47.8 Å². The molecule has 1 fully saturated rings. The molecule has 276 valence electrons. The number of hydrogen-bond donors (Lipinski definition) is 4. The molecule has 6 rings (SSSR count). The molecule has 0 aliphatic heterocycles. The molecule has 5 aromatic carbocycles. The van der Waals surface area contributed by atoms with Gasteiger partial charge in [0.15, 0.2) is 18.1 Å². The van der Waals surface area contributed by atoms with E-state index in [1.807, 2.05) is 24.3 Å². The summed E-state index contributed by atoms with van der Waals surface area (Å²) in [5.41, 5.74) is 0.113. The van der Waals surface area contributed by atoms with E-state index in [0.29, 0.717) is 22.8 Å². The van der Waals surface area contributed by atoms with E-state index in [0.717, 1.165) is 43.4 Å². The lowest BCUT2D eigenvalue weighted by molar-refractivity contribution is -0.118. The van der Waals surface area contributed by atoms with Gasteiger partial charge in [0.05, 0.1) is 16.1 Å². The highest BCUT2D eigenvalue weighted by atomic mass is 35.5. The first-order valence-corrected chi connectivity index (χ1v) is 19.8. The van der Waals surface area contributed by atoms with Gasteiger partial charge in [0.1, 0.15) is 32.7 Å². The van der Waals surface area contributed by atoms with E-state index in [-0.39, 0.29) is 27.9 Å². The molecule has 1 saturated carbocycles. The lowest BCUT2D eigenvalue weighted by Crippen LogP contribution is -2.20. The third kappa shape index (κ3) is 8.73. The highest BCUT2D eigenvalue weighted by Crippen LogP contribution is 2.47. The number of benzene rings is 5. The van der Waals surface area contributed by atoms with Crippen molar-refractivity contribution < 1.29 is 45.3 Å². The Balaban J connectivity index is 1.41. The maximum Gasteiger partial charge on any atom is 0.296 e. The lowest BCUT2D eigenvalue weighted by atomic mass is 9.84. The molecule has 0 spiro atoms. The second kappa shape index (κ2) is 15.7. The van der Waals surface area contributed by atoms with Gasteiger partial charge in [0, 0.05) is 10.4 Å². The van der Waals surface area contributed by atoms with Crippen molar-refractivity contribution in [3.8, 4) is 23.0 Å². The Morgan fingerprint density at radius 3 is 2.17 bits per heavy atom. The highest BCUT2D eigenvalue weighted by molar-refractivity contribution is 7.86. The summed E-state index contributed by atoms with van der Waals surface area (Å²) in [7, 11) is -10.3. The number of aromatic hydroxyl groups is 1. The molecule has 1 aliphatic rings. The summed E-state index contributed by atoms with van der Waals surface area (Å²) >= 11 is 12.0. The van der Waals surface area contributed by atoms with Crippen LogP contribution < -0.4 is 14.8 Å². The predicted octanol–water partition coefficient (Wildman–Crippen LogP) is 9.62. The topological polar surface area (TPSA) is 201 Å². The van der Waals surface area contributed by atoms with Crippen molar-refractivity contribution >= 4 is 77.2 Å². The zero-order valence-electron chi connectivity index (χ0n) is 27.6. The first kappa shape index (κ1) is 38.0. The number of nitrogens with zero attached hydrogens (tertiary/aromatic N) is 2. The number of carbonyl (C=O) groups excluding carboxylic acids is 1. The number of anilines is 1. The maximum atomic E-state index is 13.0. The molecule has 0 radical (unpaired) electrons. The Labute approximate surface area is 314 Å². The van der Waals surface area contributed by atoms with Crippen LogP contribution in [0.1, 0.15) is 43.6 Å². The van der Waals surface area contributed by atoms with Gasteiger partial charge in [-0.05, 0) is 78.9 Å². The second-order valence-corrected chi connectivity index (χ2v) is 15.7. The number of azo groups is 1. The van der Waals surface area contributed by atoms with Gasteiger partial charge in [-0.15, -0.1) is 10.2 Å². The van der Waals surface area contributed by atoms with Gasteiger partial charge in [-0.25, -0.2) is 0 Å². The van der Waals surface area contributed by atoms with Crippen molar-refractivity contribution in [2.24, 2.45) is 10.2 Å². The van der Waals surface area contributed by atoms with Crippen LogP contribution in [0.2, 0.25) is 10.0 Å². The largest absolute Gasteiger partial charge is 0.505 e. The molecule has 0 atom stereocenters. The van der Waals surface area contributed by atoms with Crippen molar-refractivity contribution in [3.63, 3.8) is 0 Å². The number of amides is 1. The van der Waals surface area contributed by atoms with E-state index in [9.17, 15) is 35.8 Å². The van der Waals surface area contributed by atoms with E-state index >= 15 is 0 Å². The second-order valence-electron chi connectivity index (χ2n) is 12.1. The number of phenolic OH excluding ortho intramolecular Hbond substituents is 1.